The minimum absolute atomic E-state index is 0.00375. The van der Waals surface area contributed by atoms with Gasteiger partial charge in [-0.15, -0.1) is 0 Å². The van der Waals surface area contributed by atoms with E-state index in [1.165, 1.54) is 6.07 Å². The molecular weight excluding hydrogens is 347 g/mol. The Bertz CT molecular complexity index is 788. The van der Waals surface area contributed by atoms with E-state index in [0.717, 1.165) is 36.8 Å². The first-order valence-electron chi connectivity index (χ1n) is 8.02. The summed E-state index contributed by atoms with van der Waals surface area (Å²) < 4.78 is 49.0. The molecule has 0 spiro atoms. The fraction of sp³-hybridized carbons (Fsp3) is 0.316. The van der Waals surface area contributed by atoms with Crippen LogP contribution < -0.4 is 10.1 Å². The number of ether oxygens (including phenoxy) is 2. The third-order valence-electron chi connectivity index (χ3n) is 3.89. The molecule has 1 N–H and O–H groups in total. The van der Waals surface area contributed by atoms with Crippen molar-refractivity contribution < 1.29 is 27.4 Å². The van der Waals surface area contributed by atoms with Crippen LogP contribution in [0.2, 0.25) is 0 Å². The fourth-order valence-electron chi connectivity index (χ4n) is 2.40. The molecule has 0 heterocycles. The molecule has 0 atom stereocenters. The van der Waals surface area contributed by atoms with Crippen molar-refractivity contribution in [3.8, 4) is 5.75 Å². The highest BCUT2D eigenvalue weighted by molar-refractivity contribution is 5.85. The zero-order chi connectivity index (χ0) is 19.3. The van der Waals surface area contributed by atoms with Gasteiger partial charge in [-0.2, -0.15) is 13.2 Å². The highest BCUT2D eigenvalue weighted by atomic mass is 19.4. The summed E-state index contributed by atoms with van der Waals surface area (Å²) in [6.45, 7) is 3.95. The Hall–Kier alpha value is -2.70. The van der Waals surface area contributed by atoms with Crippen LogP contribution >= 0.6 is 0 Å². The maximum atomic E-state index is 12.9. The monoisotopic (exact) mass is 367 g/mol. The predicted octanol–water partition coefficient (Wildman–Crippen LogP) is 5.33. The van der Waals surface area contributed by atoms with Crippen LogP contribution in [0, 0.1) is 6.92 Å². The summed E-state index contributed by atoms with van der Waals surface area (Å²) in [5, 5.41) is 2.30. The van der Waals surface area contributed by atoms with Gasteiger partial charge in [0.15, 0.2) is 0 Å². The largest absolute Gasteiger partial charge is 0.489 e. The van der Waals surface area contributed by atoms with Gasteiger partial charge in [0, 0.05) is 5.56 Å². The summed E-state index contributed by atoms with van der Waals surface area (Å²) in [5.74, 6) is 0.631. The smallest absolute Gasteiger partial charge is 0.416 e. The Morgan fingerprint density at radius 2 is 1.88 bits per heavy atom. The molecule has 0 saturated carbocycles. The zero-order valence-electron chi connectivity index (χ0n) is 14.7. The van der Waals surface area contributed by atoms with E-state index in [9.17, 15) is 18.0 Å². The number of nitrogens with one attached hydrogen (secondary N) is 1. The molecule has 1 amide bonds. The lowest BCUT2D eigenvalue weighted by Gasteiger charge is -2.16. The van der Waals surface area contributed by atoms with Crippen molar-refractivity contribution in [2.45, 2.75) is 33.1 Å². The van der Waals surface area contributed by atoms with Crippen LogP contribution in [0.25, 0.3) is 0 Å². The van der Waals surface area contributed by atoms with E-state index in [1.807, 2.05) is 32.0 Å². The van der Waals surface area contributed by atoms with Crippen LogP contribution in [-0.4, -0.2) is 13.2 Å². The van der Waals surface area contributed by atoms with Crippen LogP contribution in [0.3, 0.4) is 0 Å². The average molecular weight is 367 g/mol. The SMILES string of the molecule is CCc1ccc(OCc2ccc(C(F)(F)F)cc2NC(=O)OC)c(C)c1. The molecule has 2 aromatic carbocycles. The molecular formula is C19H20F3NO3. The maximum absolute atomic E-state index is 12.9. The molecule has 0 aromatic heterocycles. The van der Waals surface area contributed by atoms with Gasteiger partial charge < -0.3 is 9.47 Å². The summed E-state index contributed by atoms with van der Waals surface area (Å²) in [4.78, 5) is 11.4. The van der Waals surface area contributed by atoms with Crippen molar-refractivity contribution in [2.75, 3.05) is 12.4 Å². The van der Waals surface area contributed by atoms with Crippen LogP contribution in [0.15, 0.2) is 36.4 Å². The second-order valence-corrected chi connectivity index (χ2v) is 5.73. The molecule has 0 aliphatic carbocycles. The summed E-state index contributed by atoms with van der Waals surface area (Å²) >= 11 is 0. The van der Waals surface area contributed by atoms with Crippen LogP contribution in [0.1, 0.15) is 29.2 Å². The first kappa shape index (κ1) is 19.6. The lowest BCUT2D eigenvalue weighted by molar-refractivity contribution is -0.137. The van der Waals surface area contributed by atoms with Gasteiger partial charge in [0.25, 0.3) is 0 Å². The van der Waals surface area contributed by atoms with Gasteiger partial charge in [-0.3, -0.25) is 5.32 Å². The van der Waals surface area contributed by atoms with E-state index in [4.69, 9.17) is 4.74 Å². The van der Waals surface area contributed by atoms with Crippen LogP contribution in [0.5, 0.6) is 5.75 Å². The minimum atomic E-state index is -4.52. The van der Waals surface area contributed by atoms with Gasteiger partial charge >= 0.3 is 12.3 Å². The molecule has 140 valence electrons. The Labute approximate surface area is 149 Å². The third-order valence-corrected chi connectivity index (χ3v) is 3.89. The van der Waals surface area contributed by atoms with E-state index in [2.05, 4.69) is 10.1 Å². The standard InChI is InChI=1S/C19H20F3NO3/c1-4-13-5-8-17(12(2)9-13)26-11-14-6-7-15(19(20,21)22)10-16(14)23-18(24)25-3/h5-10H,4,11H2,1-3H3,(H,23,24). The molecule has 7 heteroatoms. The molecule has 2 rings (SSSR count). The Kier molecular flexibility index (Phi) is 6.13. The summed E-state index contributed by atoms with van der Waals surface area (Å²) in [7, 11) is 1.14. The maximum Gasteiger partial charge on any atom is 0.416 e. The van der Waals surface area contributed by atoms with E-state index < -0.39 is 17.8 Å². The van der Waals surface area contributed by atoms with Gasteiger partial charge in [0.2, 0.25) is 0 Å². The van der Waals surface area contributed by atoms with E-state index in [1.54, 1.807) is 0 Å². The van der Waals surface area contributed by atoms with Gasteiger partial charge in [-0.25, -0.2) is 4.79 Å². The first-order chi connectivity index (χ1) is 12.2. The number of benzene rings is 2. The van der Waals surface area contributed by atoms with Gasteiger partial charge in [0.1, 0.15) is 12.4 Å². The van der Waals surface area contributed by atoms with Gasteiger partial charge in [-0.05, 0) is 42.7 Å². The molecule has 4 nitrogen and oxygen atoms in total. The number of alkyl halides is 3. The number of carbonyl (C=O) groups excluding carboxylic acids is 1. The average Bonchev–Trinajstić information content (AvgIpc) is 2.60. The van der Waals surface area contributed by atoms with E-state index in [0.29, 0.717) is 11.3 Å². The molecule has 0 radical (unpaired) electrons. The Morgan fingerprint density at radius 1 is 1.15 bits per heavy atom. The van der Waals surface area contributed by atoms with Gasteiger partial charge in [-0.1, -0.05) is 25.1 Å². The molecule has 2 aromatic rings. The zero-order valence-corrected chi connectivity index (χ0v) is 14.7. The lowest BCUT2D eigenvalue weighted by atomic mass is 10.1. The predicted molar refractivity (Wildman–Crippen MR) is 92.4 cm³/mol. The number of aryl methyl sites for hydroxylation is 2. The van der Waals surface area contributed by atoms with E-state index in [-0.39, 0.29) is 12.3 Å². The van der Waals surface area contributed by atoms with Crippen molar-refractivity contribution in [3.63, 3.8) is 0 Å². The quantitative estimate of drug-likeness (QED) is 0.777. The Balaban J connectivity index is 2.25. The molecule has 0 fully saturated rings. The lowest BCUT2D eigenvalue weighted by Crippen LogP contribution is -2.15. The normalized spacial score (nSPS) is 11.2. The minimum Gasteiger partial charge on any atom is -0.489 e. The number of hydrogen-bond acceptors (Lipinski definition) is 3. The number of anilines is 1. The first-order valence-corrected chi connectivity index (χ1v) is 8.02. The summed E-state index contributed by atoms with van der Waals surface area (Å²) in [5.41, 5.74) is 1.63. The third kappa shape index (κ3) is 4.91. The van der Waals surface area contributed by atoms with Crippen molar-refractivity contribution in [3.05, 3.63) is 58.7 Å². The second-order valence-electron chi connectivity index (χ2n) is 5.73. The Morgan fingerprint density at radius 3 is 2.46 bits per heavy atom. The molecule has 0 aliphatic heterocycles. The number of amides is 1. The number of carbonyl (C=O) groups is 1. The van der Waals surface area contributed by atoms with Gasteiger partial charge in [0.05, 0.1) is 18.4 Å². The van der Waals surface area contributed by atoms with E-state index >= 15 is 0 Å². The second kappa shape index (κ2) is 8.12. The fourth-order valence-corrected chi connectivity index (χ4v) is 2.40. The number of halogens is 3. The summed E-state index contributed by atoms with van der Waals surface area (Å²) in [6.07, 6.45) is -4.47. The molecule has 26 heavy (non-hydrogen) atoms. The summed E-state index contributed by atoms with van der Waals surface area (Å²) in [6, 6.07) is 8.85. The highest BCUT2D eigenvalue weighted by Crippen LogP contribution is 2.33. The van der Waals surface area contributed by atoms with Crippen molar-refractivity contribution >= 4 is 11.8 Å². The topological polar surface area (TPSA) is 47.6 Å². The van der Waals surface area contributed by atoms with Crippen LogP contribution in [0.4, 0.5) is 23.7 Å². The number of methoxy groups -OCH3 is 1. The molecule has 0 bridgehead atoms. The van der Waals surface area contributed by atoms with Crippen LogP contribution in [-0.2, 0) is 23.9 Å². The number of hydrogen-bond donors (Lipinski definition) is 1. The van der Waals surface area contributed by atoms with Crippen molar-refractivity contribution in [1.82, 2.24) is 0 Å². The molecule has 0 aliphatic rings. The number of rotatable bonds is 5. The van der Waals surface area contributed by atoms with Crippen molar-refractivity contribution in [2.24, 2.45) is 0 Å². The molecule has 0 unspecified atom stereocenters. The highest BCUT2D eigenvalue weighted by Gasteiger charge is 2.31. The van der Waals surface area contributed by atoms with Crippen molar-refractivity contribution in [1.29, 1.82) is 0 Å². The molecule has 0 saturated heterocycles.